The number of aromatic nitrogens is 1. The molecule has 0 atom stereocenters. The normalized spacial score (nSPS) is 10.8. The Morgan fingerprint density at radius 1 is 0.857 bits per heavy atom. The highest BCUT2D eigenvalue weighted by molar-refractivity contribution is 6.10. The van der Waals surface area contributed by atoms with Crippen molar-refractivity contribution < 1.29 is 4.79 Å². The first-order valence-electron chi connectivity index (χ1n) is 9.54. The SMILES string of the molecule is CCN(CC(=O)c1cc(-c2ccccc2)nc2ccccc12)c1ccccc1. The zero-order chi connectivity index (χ0) is 19.3. The lowest BCUT2D eigenvalue weighted by Crippen LogP contribution is -2.29. The van der Waals surface area contributed by atoms with Crippen LogP contribution in [-0.2, 0) is 0 Å². The van der Waals surface area contributed by atoms with Gasteiger partial charge < -0.3 is 4.90 Å². The quantitative estimate of drug-likeness (QED) is 0.416. The third kappa shape index (κ3) is 3.65. The highest BCUT2D eigenvalue weighted by atomic mass is 16.1. The molecule has 4 rings (SSSR count). The van der Waals surface area contributed by atoms with Crippen molar-refractivity contribution >= 4 is 22.4 Å². The van der Waals surface area contributed by atoms with E-state index in [1.54, 1.807) is 0 Å². The summed E-state index contributed by atoms with van der Waals surface area (Å²) >= 11 is 0. The number of Topliss-reactive ketones (excluding diaryl/α,β-unsaturated/α-hetero) is 1. The van der Waals surface area contributed by atoms with Crippen LogP contribution in [0.2, 0.25) is 0 Å². The molecule has 0 fully saturated rings. The van der Waals surface area contributed by atoms with E-state index in [-0.39, 0.29) is 5.78 Å². The third-order valence-electron chi connectivity index (χ3n) is 4.92. The average Bonchev–Trinajstić information content (AvgIpc) is 2.77. The van der Waals surface area contributed by atoms with Gasteiger partial charge in [0.15, 0.2) is 5.78 Å². The number of rotatable bonds is 6. The van der Waals surface area contributed by atoms with E-state index in [1.807, 2.05) is 91.0 Å². The van der Waals surface area contributed by atoms with E-state index in [1.165, 1.54) is 0 Å². The molecule has 4 aromatic rings. The monoisotopic (exact) mass is 366 g/mol. The number of anilines is 1. The Labute approximate surface area is 165 Å². The van der Waals surface area contributed by atoms with E-state index in [0.717, 1.165) is 40.0 Å². The van der Waals surface area contributed by atoms with Crippen LogP contribution in [0.5, 0.6) is 0 Å². The van der Waals surface area contributed by atoms with E-state index in [4.69, 9.17) is 4.98 Å². The Kier molecular flexibility index (Phi) is 5.16. The second-order valence-electron chi connectivity index (χ2n) is 6.71. The molecule has 28 heavy (non-hydrogen) atoms. The summed E-state index contributed by atoms with van der Waals surface area (Å²) in [7, 11) is 0. The molecule has 0 aliphatic carbocycles. The summed E-state index contributed by atoms with van der Waals surface area (Å²) in [6, 6.07) is 29.8. The van der Waals surface area contributed by atoms with Gasteiger partial charge in [0.25, 0.3) is 0 Å². The van der Waals surface area contributed by atoms with Gasteiger partial charge in [-0.2, -0.15) is 0 Å². The molecule has 3 heteroatoms. The molecular weight excluding hydrogens is 344 g/mol. The van der Waals surface area contributed by atoms with Gasteiger partial charge in [0, 0.05) is 28.7 Å². The molecule has 138 valence electrons. The lowest BCUT2D eigenvalue weighted by molar-refractivity contribution is 0.100. The van der Waals surface area contributed by atoms with Gasteiger partial charge in [-0.25, -0.2) is 4.98 Å². The van der Waals surface area contributed by atoms with Crippen molar-refractivity contribution in [1.82, 2.24) is 4.98 Å². The van der Waals surface area contributed by atoms with Crippen molar-refractivity contribution in [2.24, 2.45) is 0 Å². The number of hydrogen-bond donors (Lipinski definition) is 0. The molecule has 1 heterocycles. The topological polar surface area (TPSA) is 33.2 Å². The summed E-state index contributed by atoms with van der Waals surface area (Å²) < 4.78 is 0. The molecule has 3 aromatic carbocycles. The number of para-hydroxylation sites is 2. The molecule has 0 saturated heterocycles. The average molecular weight is 366 g/mol. The van der Waals surface area contributed by atoms with Crippen molar-refractivity contribution in [1.29, 1.82) is 0 Å². The lowest BCUT2D eigenvalue weighted by atomic mass is 10.0. The molecule has 0 N–H and O–H groups in total. The molecule has 0 amide bonds. The Hall–Kier alpha value is -3.46. The number of hydrogen-bond acceptors (Lipinski definition) is 3. The minimum atomic E-state index is 0.0986. The zero-order valence-electron chi connectivity index (χ0n) is 15.9. The largest absolute Gasteiger partial charge is 0.364 e. The predicted octanol–water partition coefficient (Wildman–Crippen LogP) is 5.61. The van der Waals surface area contributed by atoms with E-state index in [2.05, 4.69) is 11.8 Å². The van der Waals surface area contributed by atoms with Crippen molar-refractivity contribution in [2.45, 2.75) is 6.92 Å². The Morgan fingerprint density at radius 2 is 1.50 bits per heavy atom. The number of nitrogens with zero attached hydrogens (tertiary/aromatic N) is 2. The van der Waals surface area contributed by atoms with Crippen LogP contribution in [0.3, 0.4) is 0 Å². The van der Waals surface area contributed by atoms with Crippen LogP contribution < -0.4 is 4.90 Å². The lowest BCUT2D eigenvalue weighted by Gasteiger charge is -2.22. The van der Waals surface area contributed by atoms with Gasteiger partial charge in [-0.3, -0.25) is 4.79 Å². The van der Waals surface area contributed by atoms with E-state index < -0.39 is 0 Å². The number of pyridine rings is 1. The van der Waals surface area contributed by atoms with Crippen molar-refractivity contribution in [2.75, 3.05) is 18.0 Å². The fourth-order valence-electron chi connectivity index (χ4n) is 3.45. The fraction of sp³-hybridized carbons (Fsp3) is 0.120. The molecule has 3 nitrogen and oxygen atoms in total. The standard InChI is InChI=1S/C25H22N2O/c1-2-27(20-13-7-4-8-14-20)18-25(28)22-17-24(19-11-5-3-6-12-19)26-23-16-10-9-15-21(22)23/h3-17H,2,18H2,1H3. The van der Waals surface area contributed by atoms with Crippen LogP contribution in [0, 0.1) is 0 Å². The van der Waals surface area contributed by atoms with Crippen LogP contribution in [-0.4, -0.2) is 23.9 Å². The number of ketones is 1. The van der Waals surface area contributed by atoms with Gasteiger partial charge in [-0.15, -0.1) is 0 Å². The van der Waals surface area contributed by atoms with Crippen molar-refractivity contribution in [3.05, 3.63) is 96.6 Å². The summed E-state index contributed by atoms with van der Waals surface area (Å²) in [5.74, 6) is 0.0986. The van der Waals surface area contributed by atoms with Crippen molar-refractivity contribution in [3.63, 3.8) is 0 Å². The maximum atomic E-state index is 13.3. The summed E-state index contributed by atoms with van der Waals surface area (Å²) in [4.78, 5) is 20.2. The molecule has 0 aliphatic rings. The first-order chi connectivity index (χ1) is 13.8. The van der Waals surface area contributed by atoms with Gasteiger partial charge >= 0.3 is 0 Å². The Balaban J connectivity index is 1.75. The molecule has 0 radical (unpaired) electrons. The molecule has 1 aromatic heterocycles. The maximum absolute atomic E-state index is 13.3. The molecule has 0 aliphatic heterocycles. The highest BCUT2D eigenvalue weighted by Crippen LogP contribution is 2.26. The number of fused-ring (bicyclic) bond motifs is 1. The first kappa shape index (κ1) is 17.9. The summed E-state index contributed by atoms with van der Waals surface area (Å²) in [5.41, 5.74) is 4.46. The van der Waals surface area contributed by atoms with E-state index >= 15 is 0 Å². The molecule has 0 saturated carbocycles. The van der Waals surface area contributed by atoms with Gasteiger partial charge in [0.1, 0.15) is 0 Å². The van der Waals surface area contributed by atoms with E-state index in [9.17, 15) is 4.79 Å². The second kappa shape index (κ2) is 8.05. The van der Waals surface area contributed by atoms with Crippen LogP contribution in [0.4, 0.5) is 5.69 Å². The summed E-state index contributed by atoms with van der Waals surface area (Å²) in [6.45, 7) is 3.17. The predicted molar refractivity (Wildman–Crippen MR) is 116 cm³/mol. The maximum Gasteiger partial charge on any atom is 0.182 e. The Bertz CT molecular complexity index is 1090. The summed E-state index contributed by atoms with van der Waals surface area (Å²) in [5, 5.41) is 0.899. The molecule has 0 unspecified atom stereocenters. The summed E-state index contributed by atoms with van der Waals surface area (Å²) in [6.07, 6.45) is 0. The number of carbonyl (C=O) groups is 1. The number of likely N-dealkylation sites (N-methyl/N-ethyl adjacent to an activating group) is 1. The van der Waals surface area contributed by atoms with E-state index in [0.29, 0.717) is 6.54 Å². The van der Waals surface area contributed by atoms with Gasteiger partial charge in [-0.1, -0.05) is 66.7 Å². The first-order valence-corrected chi connectivity index (χ1v) is 9.54. The van der Waals surface area contributed by atoms with Crippen LogP contribution in [0.25, 0.3) is 22.2 Å². The number of carbonyl (C=O) groups excluding carboxylic acids is 1. The van der Waals surface area contributed by atoms with Crippen LogP contribution in [0.15, 0.2) is 91.0 Å². The van der Waals surface area contributed by atoms with Crippen LogP contribution >= 0.6 is 0 Å². The smallest absolute Gasteiger partial charge is 0.182 e. The third-order valence-corrected chi connectivity index (χ3v) is 4.92. The minimum Gasteiger partial charge on any atom is -0.364 e. The fourth-order valence-corrected chi connectivity index (χ4v) is 3.45. The van der Waals surface area contributed by atoms with Crippen LogP contribution in [0.1, 0.15) is 17.3 Å². The van der Waals surface area contributed by atoms with Gasteiger partial charge in [-0.05, 0) is 31.2 Å². The zero-order valence-corrected chi connectivity index (χ0v) is 15.9. The van der Waals surface area contributed by atoms with Crippen molar-refractivity contribution in [3.8, 4) is 11.3 Å². The molecular formula is C25H22N2O. The number of benzene rings is 3. The highest BCUT2D eigenvalue weighted by Gasteiger charge is 2.17. The molecule has 0 bridgehead atoms. The molecule has 0 spiro atoms. The minimum absolute atomic E-state index is 0.0986. The second-order valence-corrected chi connectivity index (χ2v) is 6.71. The Morgan fingerprint density at radius 3 is 2.21 bits per heavy atom. The van der Waals surface area contributed by atoms with Gasteiger partial charge in [0.2, 0.25) is 0 Å². The van der Waals surface area contributed by atoms with Gasteiger partial charge in [0.05, 0.1) is 17.8 Å².